The van der Waals surface area contributed by atoms with Crippen LogP contribution in [-0.4, -0.2) is 16.2 Å². The van der Waals surface area contributed by atoms with Crippen LogP contribution >= 0.6 is 15.9 Å². The van der Waals surface area contributed by atoms with Crippen LogP contribution in [0.2, 0.25) is 0 Å². The van der Waals surface area contributed by atoms with Gasteiger partial charge < -0.3 is 10.4 Å². The summed E-state index contributed by atoms with van der Waals surface area (Å²) in [7, 11) is 0. The topological polar surface area (TPSA) is 49.3 Å². The monoisotopic (exact) mass is 223 g/mol. The standard InChI is InChI=1S/C7H14BrNO2/c1-3-4-5(2)6(8)9-7(10)11/h5-6,9H,3-4H2,1-2H3,(H,10,11). The molecule has 0 saturated heterocycles. The summed E-state index contributed by atoms with van der Waals surface area (Å²) in [5.41, 5.74) is 0. The Balaban J connectivity index is 3.63. The van der Waals surface area contributed by atoms with Gasteiger partial charge in [-0.2, -0.15) is 0 Å². The fourth-order valence-corrected chi connectivity index (χ4v) is 1.32. The van der Waals surface area contributed by atoms with Crippen LogP contribution in [0, 0.1) is 5.92 Å². The predicted octanol–water partition coefficient (Wildman–Crippen LogP) is 2.41. The van der Waals surface area contributed by atoms with Crippen molar-refractivity contribution in [1.82, 2.24) is 5.32 Å². The Hall–Kier alpha value is -0.250. The Morgan fingerprint density at radius 1 is 1.73 bits per heavy atom. The molecule has 0 saturated carbocycles. The van der Waals surface area contributed by atoms with Crippen LogP contribution in [0.4, 0.5) is 4.79 Å². The number of alkyl halides is 1. The zero-order valence-corrected chi connectivity index (χ0v) is 8.39. The van der Waals surface area contributed by atoms with Crippen molar-refractivity contribution >= 4 is 22.0 Å². The molecule has 0 heterocycles. The molecule has 0 bridgehead atoms. The molecule has 0 rings (SSSR count). The van der Waals surface area contributed by atoms with Gasteiger partial charge in [-0.15, -0.1) is 0 Å². The molecule has 0 aromatic rings. The molecule has 2 atom stereocenters. The van der Waals surface area contributed by atoms with E-state index in [0.717, 1.165) is 12.8 Å². The van der Waals surface area contributed by atoms with Gasteiger partial charge in [-0.25, -0.2) is 4.79 Å². The zero-order valence-electron chi connectivity index (χ0n) is 6.80. The number of hydrogen-bond donors (Lipinski definition) is 2. The summed E-state index contributed by atoms with van der Waals surface area (Å²) in [6, 6.07) is 0. The summed E-state index contributed by atoms with van der Waals surface area (Å²) in [6.07, 6.45) is 1.12. The highest BCUT2D eigenvalue weighted by molar-refractivity contribution is 9.09. The van der Waals surface area contributed by atoms with E-state index >= 15 is 0 Å². The van der Waals surface area contributed by atoms with E-state index in [4.69, 9.17) is 5.11 Å². The molecule has 0 aromatic carbocycles. The summed E-state index contributed by atoms with van der Waals surface area (Å²) in [5.74, 6) is 0.344. The minimum Gasteiger partial charge on any atom is -0.465 e. The first-order valence-electron chi connectivity index (χ1n) is 3.71. The Morgan fingerprint density at radius 3 is 2.64 bits per heavy atom. The van der Waals surface area contributed by atoms with E-state index < -0.39 is 6.09 Å². The van der Waals surface area contributed by atoms with E-state index in [1.54, 1.807) is 0 Å². The van der Waals surface area contributed by atoms with E-state index in [2.05, 4.69) is 28.2 Å². The molecule has 0 spiro atoms. The molecule has 4 heteroatoms. The molecule has 66 valence electrons. The number of amides is 1. The third-order valence-corrected chi connectivity index (χ3v) is 2.64. The van der Waals surface area contributed by atoms with Crippen molar-refractivity contribution in [2.24, 2.45) is 5.92 Å². The van der Waals surface area contributed by atoms with Crippen LogP contribution in [0.15, 0.2) is 0 Å². The first-order valence-corrected chi connectivity index (χ1v) is 4.63. The van der Waals surface area contributed by atoms with Crippen LogP contribution in [0.1, 0.15) is 26.7 Å². The van der Waals surface area contributed by atoms with Crippen molar-refractivity contribution in [3.8, 4) is 0 Å². The number of hydrogen-bond acceptors (Lipinski definition) is 1. The lowest BCUT2D eigenvalue weighted by molar-refractivity contribution is 0.191. The van der Waals surface area contributed by atoms with Gasteiger partial charge in [-0.1, -0.05) is 36.2 Å². The number of carbonyl (C=O) groups is 1. The maximum absolute atomic E-state index is 10.2. The Bertz CT molecular complexity index is 130. The molecule has 0 aliphatic rings. The summed E-state index contributed by atoms with van der Waals surface area (Å²) in [5, 5.41) is 10.7. The normalized spacial score (nSPS) is 15.5. The second kappa shape index (κ2) is 5.41. The highest BCUT2D eigenvalue weighted by Gasteiger charge is 2.14. The molecule has 0 aromatic heterocycles. The highest BCUT2D eigenvalue weighted by Crippen LogP contribution is 2.14. The van der Waals surface area contributed by atoms with Crippen molar-refractivity contribution in [3.63, 3.8) is 0 Å². The highest BCUT2D eigenvalue weighted by atomic mass is 79.9. The third-order valence-electron chi connectivity index (χ3n) is 1.50. The van der Waals surface area contributed by atoms with Gasteiger partial charge in [0.15, 0.2) is 0 Å². The Labute approximate surface area is 75.3 Å². The molecule has 2 N–H and O–H groups in total. The second-order valence-corrected chi connectivity index (χ2v) is 3.60. The van der Waals surface area contributed by atoms with Crippen molar-refractivity contribution in [1.29, 1.82) is 0 Å². The Morgan fingerprint density at radius 2 is 2.27 bits per heavy atom. The number of nitrogens with one attached hydrogen (secondary N) is 1. The maximum Gasteiger partial charge on any atom is 0.405 e. The van der Waals surface area contributed by atoms with E-state index in [1.807, 2.05) is 6.92 Å². The molecule has 0 radical (unpaired) electrons. The van der Waals surface area contributed by atoms with Gasteiger partial charge in [0.2, 0.25) is 0 Å². The van der Waals surface area contributed by atoms with Gasteiger partial charge in [-0.3, -0.25) is 0 Å². The smallest absolute Gasteiger partial charge is 0.405 e. The van der Waals surface area contributed by atoms with E-state index in [9.17, 15) is 4.79 Å². The molecule has 0 fully saturated rings. The van der Waals surface area contributed by atoms with Crippen LogP contribution < -0.4 is 5.32 Å². The van der Waals surface area contributed by atoms with E-state index in [0.29, 0.717) is 5.92 Å². The summed E-state index contributed by atoms with van der Waals surface area (Å²) >= 11 is 3.25. The molecular formula is C7H14BrNO2. The van der Waals surface area contributed by atoms with Crippen molar-refractivity contribution in [2.75, 3.05) is 0 Å². The van der Waals surface area contributed by atoms with Crippen LogP contribution in [0.25, 0.3) is 0 Å². The second-order valence-electron chi connectivity index (χ2n) is 2.62. The van der Waals surface area contributed by atoms with Crippen molar-refractivity contribution in [3.05, 3.63) is 0 Å². The van der Waals surface area contributed by atoms with Gasteiger partial charge in [0.25, 0.3) is 0 Å². The number of carboxylic acid groups (broad SMARTS) is 1. The largest absolute Gasteiger partial charge is 0.465 e. The molecule has 11 heavy (non-hydrogen) atoms. The minimum atomic E-state index is -0.977. The van der Waals surface area contributed by atoms with Gasteiger partial charge in [-0.05, 0) is 12.3 Å². The zero-order chi connectivity index (χ0) is 8.85. The molecule has 3 nitrogen and oxygen atoms in total. The number of rotatable bonds is 4. The minimum absolute atomic E-state index is 0.125. The molecule has 1 amide bonds. The van der Waals surface area contributed by atoms with Crippen LogP contribution in [0.3, 0.4) is 0 Å². The van der Waals surface area contributed by atoms with Gasteiger partial charge in [0, 0.05) is 0 Å². The fourth-order valence-electron chi connectivity index (χ4n) is 0.862. The van der Waals surface area contributed by atoms with Gasteiger partial charge >= 0.3 is 6.09 Å². The van der Waals surface area contributed by atoms with Gasteiger partial charge in [0.1, 0.15) is 0 Å². The average Bonchev–Trinajstić information content (AvgIpc) is 1.86. The molecular weight excluding hydrogens is 210 g/mol. The van der Waals surface area contributed by atoms with Gasteiger partial charge in [0.05, 0.1) is 4.95 Å². The lowest BCUT2D eigenvalue weighted by Crippen LogP contribution is -2.33. The average molecular weight is 224 g/mol. The lowest BCUT2D eigenvalue weighted by Gasteiger charge is -2.16. The summed E-state index contributed by atoms with van der Waals surface area (Å²) in [6.45, 7) is 4.09. The van der Waals surface area contributed by atoms with Crippen LogP contribution in [0.5, 0.6) is 0 Å². The fraction of sp³-hybridized carbons (Fsp3) is 0.857. The first kappa shape index (κ1) is 10.8. The van der Waals surface area contributed by atoms with E-state index in [1.165, 1.54) is 0 Å². The lowest BCUT2D eigenvalue weighted by atomic mass is 10.1. The maximum atomic E-state index is 10.2. The van der Waals surface area contributed by atoms with E-state index in [-0.39, 0.29) is 4.95 Å². The van der Waals surface area contributed by atoms with Crippen LogP contribution in [-0.2, 0) is 0 Å². The quantitative estimate of drug-likeness (QED) is 0.569. The molecule has 2 unspecified atom stereocenters. The first-order chi connectivity index (χ1) is 5.07. The predicted molar refractivity (Wildman–Crippen MR) is 47.9 cm³/mol. The third kappa shape index (κ3) is 5.07. The Kier molecular flexibility index (Phi) is 5.28. The van der Waals surface area contributed by atoms with Crippen molar-refractivity contribution < 1.29 is 9.90 Å². The van der Waals surface area contributed by atoms with Crippen molar-refractivity contribution in [2.45, 2.75) is 31.6 Å². The number of halogens is 1. The summed E-state index contributed by atoms with van der Waals surface area (Å²) in [4.78, 5) is 10.1. The molecule has 0 aliphatic heterocycles. The SMILES string of the molecule is CCCC(C)C(Br)NC(=O)O. The molecule has 0 aliphatic carbocycles. The summed E-state index contributed by atoms with van der Waals surface area (Å²) < 4.78 is 0.